The lowest BCUT2D eigenvalue weighted by Crippen LogP contribution is -2.29. The van der Waals surface area contributed by atoms with Crippen LogP contribution in [0.2, 0.25) is 0 Å². The van der Waals surface area contributed by atoms with E-state index >= 15 is 0 Å². The van der Waals surface area contributed by atoms with Gasteiger partial charge in [0.25, 0.3) is 0 Å². The fourth-order valence-corrected chi connectivity index (χ4v) is 5.32. The third-order valence-corrected chi connectivity index (χ3v) is 7.28. The van der Waals surface area contributed by atoms with Gasteiger partial charge in [-0.05, 0) is 139 Å². The van der Waals surface area contributed by atoms with Crippen molar-refractivity contribution in [1.29, 1.82) is 0 Å². The molecule has 0 aliphatic heterocycles. The Bertz CT molecular complexity index is 1270. The highest BCUT2D eigenvalue weighted by atomic mass is 16.7. The molecule has 0 radical (unpaired) electrons. The third-order valence-electron chi connectivity index (χ3n) is 7.28. The summed E-state index contributed by atoms with van der Waals surface area (Å²) in [4.78, 5) is 12.2. The van der Waals surface area contributed by atoms with E-state index in [4.69, 9.17) is 18.9 Å². The summed E-state index contributed by atoms with van der Waals surface area (Å²) in [5.41, 5.74) is 2.75. The Morgan fingerprint density at radius 3 is 1.72 bits per heavy atom. The average Bonchev–Trinajstić information content (AvgIpc) is 2.90. The molecule has 6 heteroatoms. The predicted octanol–water partition coefficient (Wildman–Crippen LogP) is 10.1. The summed E-state index contributed by atoms with van der Waals surface area (Å²) in [6.07, 6.45) is 1.82. The molecule has 234 valence electrons. The van der Waals surface area contributed by atoms with Gasteiger partial charge in [0.15, 0.2) is 6.29 Å². The van der Waals surface area contributed by atoms with Crippen LogP contribution in [0.1, 0.15) is 116 Å². The molecule has 3 aromatic carbocycles. The van der Waals surface area contributed by atoms with Crippen molar-refractivity contribution in [3.8, 4) is 17.2 Å². The number of hydrogen-bond donors (Lipinski definition) is 1. The molecule has 4 atom stereocenters. The van der Waals surface area contributed by atoms with Crippen LogP contribution in [0, 0.1) is 0 Å². The minimum Gasteiger partial charge on any atom is -0.508 e. The van der Waals surface area contributed by atoms with Crippen LogP contribution in [0.5, 0.6) is 17.2 Å². The maximum atomic E-state index is 12.2. The number of carbonyl (C=O) groups is 1. The van der Waals surface area contributed by atoms with E-state index in [2.05, 4.69) is 26.0 Å². The fourth-order valence-electron chi connectivity index (χ4n) is 5.32. The molecule has 0 bridgehead atoms. The number of ether oxygens (including phenoxy) is 4. The van der Waals surface area contributed by atoms with E-state index in [1.165, 1.54) is 16.7 Å². The molecule has 0 fully saturated rings. The Morgan fingerprint density at radius 2 is 1.21 bits per heavy atom. The number of rotatable bonds is 12. The van der Waals surface area contributed by atoms with Gasteiger partial charge in [-0.3, -0.25) is 0 Å². The van der Waals surface area contributed by atoms with Crippen LogP contribution in [0.15, 0.2) is 72.8 Å². The summed E-state index contributed by atoms with van der Waals surface area (Å²) in [5, 5.41) is 9.78. The van der Waals surface area contributed by atoms with Crippen molar-refractivity contribution in [2.24, 2.45) is 0 Å². The van der Waals surface area contributed by atoms with E-state index in [0.717, 1.165) is 25.0 Å². The van der Waals surface area contributed by atoms with Crippen LogP contribution >= 0.6 is 0 Å². The standard InChI is InChI=1S/C37H50O6/c1-10-27(29-13-19-33(20-14-29)40-26(3)42-36(4,5)6)24-31(23-25(2)28-11-17-32(38)18-12-28)30-15-21-34(22-16-30)41-35(39)43-37(7,8)9/h11-22,25-27,31,38H,10,23-24H2,1-9H3. The number of phenols is 1. The Labute approximate surface area is 258 Å². The first-order valence-electron chi connectivity index (χ1n) is 15.4. The van der Waals surface area contributed by atoms with Crippen LogP contribution in [-0.2, 0) is 9.47 Å². The van der Waals surface area contributed by atoms with Gasteiger partial charge in [0.1, 0.15) is 22.8 Å². The molecule has 0 heterocycles. The van der Waals surface area contributed by atoms with E-state index in [1.54, 1.807) is 12.1 Å². The zero-order valence-electron chi connectivity index (χ0n) is 27.3. The maximum absolute atomic E-state index is 12.2. The van der Waals surface area contributed by atoms with Crippen molar-refractivity contribution >= 4 is 6.16 Å². The first-order valence-corrected chi connectivity index (χ1v) is 15.4. The fraction of sp³-hybridized carbons (Fsp3) is 0.486. The lowest BCUT2D eigenvalue weighted by molar-refractivity contribution is -0.140. The first-order chi connectivity index (χ1) is 20.1. The molecule has 0 aliphatic carbocycles. The molecule has 0 saturated heterocycles. The molecule has 0 aliphatic rings. The molecule has 43 heavy (non-hydrogen) atoms. The summed E-state index contributed by atoms with van der Waals surface area (Å²) in [7, 11) is 0. The first kappa shape index (κ1) is 34.0. The van der Waals surface area contributed by atoms with Crippen LogP contribution in [0.25, 0.3) is 0 Å². The largest absolute Gasteiger partial charge is 0.514 e. The second-order valence-corrected chi connectivity index (χ2v) is 13.4. The minimum atomic E-state index is -0.712. The van der Waals surface area contributed by atoms with Crippen molar-refractivity contribution < 1.29 is 28.8 Å². The SMILES string of the molecule is CCC(CC(CC(C)c1ccc(O)cc1)c1ccc(OC(=O)OC(C)(C)C)cc1)c1ccc(OC(C)OC(C)(C)C)cc1. The summed E-state index contributed by atoms with van der Waals surface area (Å²) in [5.74, 6) is 2.38. The maximum Gasteiger partial charge on any atom is 0.514 e. The van der Waals surface area contributed by atoms with Crippen molar-refractivity contribution in [3.05, 3.63) is 89.5 Å². The molecule has 4 unspecified atom stereocenters. The van der Waals surface area contributed by atoms with Gasteiger partial charge < -0.3 is 24.1 Å². The van der Waals surface area contributed by atoms with Gasteiger partial charge in [0.2, 0.25) is 0 Å². The van der Waals surface area contributed by atoms with Crippen molar-refractivity contribution in [1.82, 2.24) is 0 Å². The van der Waals surface area contributed by atoms with E-state index in [9.17, 15) is 9.90 Å². The van der Waals surface area contributed by atoms with Crippen LogP contribution < -0.4 is 9.47 Å². The molecule has 0 aromatic heterocycles. The highest BCUT2D eigenvalue weighted by molar-refractivity contribution is 5.64. The number of phenolic OH excluding ortho intramolecular Hbond substituents is 1. The molecule has 0 spiro atoms. The molecule has 6 nitrogen and oxygen atoms in total. The number of aromatic hydroxyl groups is 1. The third kappa shape index (κ3) is 11.6. The van der Waals surface area contributed by atoms with Crippen molar-refractivity contribution in [2.75, 3.05) is 0 Å². The van der Waals surface area contributed by atoms with Gasteiger partial charge in [-0.25, -0.2) is 4.79 Å². The van der Waals surface area contributed by atoms with Crippen molar-refractivity contribution in [3.63, 3.8) is 0 Å². The molecular formula is C37H50O6. The normalized spacial score (nSPS) is 14.8. The zero-order valence-corrected chi connectivity index (χ0v) is 27.3. The number of benzene rings is 3. The quantitative estimate of drug-likeness (QED) is 0.129. The zero-order chi connectivity index (χ0) is 31.8. The van der Waals surface area contributed by atoms with Crippen molar-refractivity contribution in [2.45, 2.75) is 117 Å². The summed E-state index contributed by atoms with van der Waals surface area (Å²) >= 11 is 0. The second-order valence-electron chi connectivity index (χ2n) is 13.4. The molecule has 0 amide bonds. The van der Waals surface area contributed by atoms with E-state index in [0.29, 0.717) is 11.7 Å². The molecule has 3 aromatic rings. The number of carbonyl (C=O) groups excluding carboxylic acids is 1. The summed E-state index contributed by atoms with van der Waals surface area (Å²) in [6.45, 7) is 17.8. The van der Waals surface area contributed by atoms with Crippen LogP contribution in [-0.4, -0.2) is 28.8 Å². The van der Waals surface area contributed by atoms with Gasteiger partial charge in [0, 0.05) is 0 Å². The lowest BCUT2D eigenvalue weighted by atomic mass is 9.78. The Hall–Kier alpha value is -3.51. The topological polar surface area (TPSA) is 74.2 Å². The second kappa shape index (κ2) is 14.8. The van der Waals surface area contributed by atoms with Crippen LogP contribution in [0.3, 0.4) is 0 Å². The average molecular weight is 591 g/mol. The predicted molar refractivity (Wildman–Crippen MR) is 172 cm³/mol. The Morgan fingerprint density at radius 1 is 0.698 bits per heavy atom. The lowest BCUT2D eigenvalue weighted by Gasteiger charge is -2.27. The van der Waals surface area contributed by atoms with E-state index in [1.807, 2.05) is 97.0 Å². The van der Waals surface area contributed by atoms with Crippen LogP contribution in [0.4, 0.5) is 4.79 Å². The Kier molecular flexibility index (Phi) is 11.7. The van der Waals surface area contributed by atoms with Gasteiger partial charge in [-0.2, -0.15) is 0 Å². The van der Waals surface area contributed by atoms with E-state index in [-0.39, 0.29) is 29.5 Å². The smallest absolute Gasteiger partial charge is 0.508 e. The molecule has 1 N–H and O–H groups in total. The number of hydrogen-bond acceptors (Lipinski definition) is 6. The summed E-state index contributed by atoms with van der Waals surface area (Å²) < 4.78 is 22.6. The monoisotopic (exact) mass is 590 g/mol. The molecule has 0 saturated carbocycles. The molecule has 3 rings (SSSR count). The summed E-state index contributed by atoms with van der Waals surface area (Å²) in [6, 6.07) is 23.6. The van der Waals surface area contributed by atoms with Gasteiger partial charge >= 0.3 is 6.16 Å². The highest BCUT2D eigenvalue weighted by Gasteiger charge is 2.23. The van der Waals surface area contributed by atoms with E-state index < -0.39 is 11.8 Å². The Balaban J connectivity index is 1.80. The van der Waals surface area contributed by atoms with Gasteiger partial charge in [-0.15, -0.1) is 0 Å². The van der Waals surface area contributed by atoms with Gasteiger partial charge in [0.05, 0.1) is 5.60 Å². The highest BCUT2D eigenvalue weighted by Crippen LogP contribution is 2.39. The van der Waals surface area contributed by atoms with Gasteiger partial charge in [-0.1, -0.05) is 50.2 Å². The molecular weight excluding hydrogens is 540 g/mol. The minimum absolute atomic E-state index is 0.250.